The minimum Gasteiger partial charge on any atom is -0.369 e. The summed E-state index contributed by atoms with van der Waals surface area (Å²) in [6.45, 7) is 5.17. The fraction of sp³-hybridized carbons (Fsp3) is 0.333. The zero-order valence-electron chi connectivity index (χ0n) is 13.1. The van der Waals surface area contributed by atoms with Crippen LogP contribution in [0.4, 0.5) is 5.82 Å². The van der Waals surface area contributed by atoms with E-state index in [2.05, 4.69) is 65.5 Å². The molecular formula is C18H21N3S. The maximum absolute atomic E-state index is 4.68. The molecule has 114 valence electrons. The fourth-order valence-corrected chi connectivity index (χ4v) is 3.44. The monoisotopic (exact) mass is 311 g/mol. The van der Waals surface area contributed by atoms with Crippen LogP contribution in [0.5, 0.6) is 0 Å². The van der Waals surface area contributed by atoms with Crippen molar-refractivity contribution in [3.05, 3.63) is 52.7 Å². The highest BCUT2D eigenvalue weighted by Gasteiger charge is 2.10. The van der Waals surface area contributed by atoms with Gasteiger partial charge in [0.15, 0.2) is 0 Å². The molecule has 3 aromatic rings. The van der Waals surface area contributed by atoms with Gasteiger partial charge < -0.3 is 5.32 Å². The van der Waals surface area contributed by atoms with Crippen molar-refractivity contribution in [1.29, 1.82) is 0 Å². The van der Waals surface area contributed by atoms with Gasteiger partial charge in [-0.2, -0.15) is 0 Å². The van der Waals surface area contributed by atoms with Gasteiger partial charge in [-0.25, -0.2) is 9.97 Å². The molecule has 4 heteroatoms. The van der Waals surface area contributed by atoms with Gasteiger partial charge in [0.25, 0.3) is 0 Å². The van der Waals surface area contributed by atoms with Crippen LogP contribution in [0, 0.1) is 0 Å². The molecule has 0 saturated carbocycles. The highest BCUT2D eigenvalue weighted by molar-refractivity contribution is 7.18. The summed E-state index contributed by atoms with van der Waals surface area (Å²) >= 11 is 1.78. The smallest absolute Gasteiger partial charge is 0.138 e. The maximum atomic E-state index is 4.68. The van der Waals surface area contributed by atoms with Gasteiger partial charge in [0.1, 0.15) is 16.5 Å². The average molecular weight is 311 g/mol. The molecule has 0 saturated heterocycles. The normalized spacial score (nSPS) is 11.0. The van der Waals surface area contributed by atoms with Crippen LogP contribution in [0.3, 0.4) is 0 Å². The van der Waals surface area contributed by atoms with Gasteiger partial charge in [-0.15, -0.1) is 11.3 Å². The number of benzene rings is 1. The van der Waals surface area contributed by atoms with Gasteiger partial charge >= 0.3 is 0 Å². The Labute approximate surface area is 135 Å². The minimum atomic E-state index is 0.864. The molecule has 0 spiro atoms. The van der Waals surface area contributed by atoms with Gasteiger partial charge in [0.2, 0.25) is 0 Å². The van der Waals surface area contributed by atoms with Crippen LogP contribution in [-0.2, 0) is 19.3 Å². The molecule has 0 amide bonds. The lowest BCUT2D eigenvalue weighted by Gasteiger charge is -2.08. The summed E-state index contributed by atoms with van der Waals surface area (Å²) in [5, 5.41) is 4.66. The first-order valence-electron chi connectivity index (χ1n) is 7.87. The third-order valence-electron chi connectivity index (χ3n) is 3.70. The quantitative estimate of drug-likeness (QED) is 0.730. The second kappa shape index (κ2) is 6.88. The molecule has 0 aliphatic carbocycles. The number of thiophene rings is 1. The Morgan fingerprint density at radius 2 is 1.86 bits per heavy atom. The summed E-state index contributed by atoms with van der Waals surface area (Å²) in [5.41, 5.74) is 1.34. The summed E-state index contributed by atoms with van der Waals surface area (Å²) in [7, 11) is 0. The molecule has 0 radical (unpaired) electrons. The van der Waals surface area contributed by atoms with Crippen molar-refractivity contribution in [3.63, 3.8) is 0 Å². The van der Waals surface area contributed by atoms with E-state index in [0.29, 0.717) is 0 Å². The van der Waals surface area contributed by atoms with Crippen molar-refractivity contribution in [3.8, 4) is 0 Å². The molecule has 0 fully saturated rings. The zero-order valence-corrected chi connectivity index (χ0v) is 13.9. The fourth-order valence-electron chi connectivity index (χ4n) is 2.45. The van der Waals surface area contributed by atoms with Gasteiger partial charge in [-0.1, -0.05) is 44.2 Å². The molecule has 0 bridgehead atoms. The number of nitrogens with one attached hydrogen (secondary N) is 1. The van der Waals surface area contributed by atoms with Gasteiger partial charge in [-0.05, 0) is 24.5 Å². The number of aryl methyl sites for hydroxylation is 2. The first-order valence-corrected chi connectivity index (χ1v) is 8.69. The van der Waals surface area contributed by atoms with Crippen molar-refractivity contribution in [1.82, 2.24) is 9.97 Å². The SMILES string of the molecule is CCc1nc(NCCc2ccccc2)c2cc(CC)sc2n1. The van der Waals surface area contributed by atoms with E-state index in [1.807, 2.05) is 0 Å². The number of nitrogens with zero attached hydrogens (tertiary/aromatic N) is 2. The molecule has 1 N–H and O–H groups in total. The second-order valence-corrected chi connectivity index (χ2v) is 6.40. The van der Waals surface area contributed by atoms with Crippen molar-refractivity contribution >= 4 is 27.4 Å². The topological polar surface area (TPSA) is 37.8 Å². The van der Waals surface area contributed by atoms with Crippen molar-refractivity contribution < 1.29 is 0 Å². The molecule has 0 aliphatic rings. The van der Waals surface area contributed by atoms with Crippen LogP contribution in [0.15, 0.2) is 36.4 Å². The van der Waals surface area contributed by atoms with Gasteiger partial charge in [-0.3, -0.25) is 0 Å². The first kappa shape index (κ1) is 15.0. The van der Waals surface area contributed by atoms with Crippen LogP contribution in [0.2, 0.25) is 0 Å². The van der Waals surface area contributed by atoms with E-state index in [-0.39, 0.29) is 0 Å². The number of fused-ring (bicyclic) bond motifs is 1. The third kappa shape index (κ3) is 3.28. The Hall–Kier alpha value is -1.94. The average Bonchev–Trinajstić information content (AvgIpc) is 2.99. The lowest BCUT2D eigenvalue weighted by atomic mass is 10.1. The zero-order chi connectivity index (χ0) is 15.4. The number of hydrogen-bond donors (Lipinski definition) is 1. The molecule has 22 heavy (non-hydrogen) atoms. The van der Waals surface area contributed by atoms with E-state index in [9.17, 15) is 0 Å². The Morgan fingerprint density at radius 3 is 2.59 bits per heavy atom. The summed E-state index contributed by atoms with van der Waals surface area (Å²) in [4.78, 5) is 11.8. The third-order valence-corrected chi connectivity index (χ3v) is 4.88. The summed E-state index contributed by atoms with van der Waals surface area (Å²) in [5.74, 6) is 1.90. The van der Waals surface area contributed by atoms with E-state index in [0.717, 1.165) is 47.7 Å². The second-order valence-electron chi connectivity index (χ2n) is 5.29. The molecule has 0 unspecified atom stereocenters. The largest absolute Gasteiger partial charge is 0.369 e. The molecule has 2 heterocycles. The summed E-state index contributed by atoms with van der Waals surface area (Å²) in [6.07, 6.45) is 2.91. The van der Waals surface area contributed by atoms with E-state index < -0.39 is 0 Å². The van der Waals surface area contributed by atoms with Crippen molar-refractivity contribution in [2.75, 3.05) is 11.9 Å². The lowest BCUT2D eigenvalue weighted by Crippen LogP contribution is -2.08. The Kier molecular flexibility index (Phi) is 4.68. The Balaban J connectivity index is 1.80. The first-order chi connectivity index (χ1) is 10.8. The molecule has 2 aromatic heterocycles. The number of aromatic nitrogens is 2. The van der Waals surface area contributed by atoms with Crippen molar-refractivity contribution in [2.45, 2.75) is 33.1 Å². The molecular weight excluding hydrogens is 290 g/mol. The van der Waals surface area contributed by atoms with Crippen molar-refractivity contribution in [2.24, 2.45) is 0 Å². The summed E-state index contributed by atoms with van der Waals surface area (Å²) < 4.78 is 0. The highest BCUT2D eigenvalue weighted by Crippen LogP contribution is 2.29. The number of hydrogen-bond acceptors (Lipinski definition) is 4. The standard InChI is InChI=1S/C18H21N3S/c1-3-14-12-15-17(20-16(4-2)21-18(15)22-14)19-11-10-13-8-6-5-7-9-13/h5-9,12H,3-4,10-11H2,1-2H3,(H,19,20,21). The number of rotatable bonds is 6. The molecule has 0 atom stereocenters. The maximum Gasteiger partial charge on any atom is 0.138 e. The highest BCUT2D eigenvalue weighted by atomic mass is 32.1. The van der Waals surface area contributed by atoms with Crippen LogP contribution in [0.1, 0.15) is 30.1 Å². The summed E-state index contributed by atoms with van der Waals surface area (Å²) in [6, 6.07) is 12.8. The molecule has 3 nitrogen and oxygen atoms in total. The van der Waals surface area contributed by atoms with Gasteiger partial charge in [0, 0.05) is 17.8 Å². The van der Waals surface area contributed by atoms with Crippen LogP contribution in [-0.4, -0.2) is 16.5 Å². The van der Waals surface area contributed by atoms with E-state index >= 15 is 0 Å². The predicted molar refractivity (Wildman–Crippen MR) is 94.8 cm³/mol. The molecule has 1 aromatic carbocycles. The lowest BCUT2D eigenvalue weighted by molar-refractivity contribution is 0.946. The van der Waals surface area contributed by atoms with Crippen LogP contribution in [0.25, 0.3) is 10.2 Å². The van der Waals surface area contributed by atoms with E-state index in [1.165, 1.54) is 10.4 Å². The minimum absolute atomic E-state index is 0.864. The van der Waals surface area contributed by atoms with E-state index in [1.54, 1.807) is 11.3 Å². The number of anilines is 1. The van der Waals surface area contributed by atoms with Crippen LogP contribution < -0.4 is 5.32 Å². The van der Waals surface area contributed by atoms with Gasteiger partial charge in [0.05, 0.1) is 5.39 Å². The Morgan fingerprint density at radius 1 is 1.05 bits per heavy atom. The molecule has 0 aliphatic heterocycles. The molecule has 3 rings (SSSR count). The van der Waals surface area contributed by atoms with E-state index in [4.69, 9.17) is 0 Å². The predicted octanol–water partition coefficient (Wildman–Crippen LogP) is 4.47. The Bertz CT molecular complexity index is 750. The van der Waals surface area contributed by atoms with Crippen LogP contribution >= 0.6 is 11.3 Å².